The fourth-order valence-electron chi connectivity index (χ4n) is 2.34. The number of thiazole rings is 1. The maximum Gasteiger partial charge on any atom is 0.321 e. The van der Waals surface area contributed by atoms with E-state index in [9.17, 15) is 4.79 Å². The predicted molar refractivity (Wildman–Crippen MR) is 95.3 cm³/mol. The highest BCUT2D eigenvalue weighted by atomic mass is 79.9. The maximum atomic E-state index is 11.6. The predicted octanol–water partition coefficient (Wildman–Crippen LogP) is 3.19. The summed E-state index contributed by atoms with van der Waals surface area (Å²) >= 11 is 4.86. The zero-order valence-electron chi connectivity index (χ0n) is 12.7. The van der Waals surface area contributed by atoms with Crippen molar-refractivity contribution in [2.75, 3.05) is 30.3 Å². The molecule has 1 atom stereocenters. The molecule has 0 saturated carbocycles. The Bertz CT molecular complexity index is 702. The van der Waals surface area contributed by atoms with Crippen molar-refractivity contribution in [3.63, 3.8) is 0 Å². The SMILES string of the molecule is CCNC(=O)Nc1nc2cc(Br)c(NCC3CCCO3)nc2s1. The van der Waals surface area contributed by atoms with Crippen LogP contribution in [0.3, 0.4) is 0 Å². The van der Waals surface area contributed by atoms with Crippen LogP contribution in [0.25, 0.3) is 10.3 Å². The number of aromatic nitrogens is 2. The summed E-state index contributed by atoms with van der Waals surface area (Å²) in [4.78, 5) is 21.3. The summed E-state index contributed by atoms with van der Waals surface area (Å²) in [6.45, 7) is 4.00. The van der Waals surface area contributed by atoms with Gasteiger partial charge in [-0.3, -0.25) is 5.32 Å². The first-order chi connectivity index (χ1) is 11.2. The van der Waals surface area contributed by atoms with Gasteiger partial charge in [-0.2, -0.15) is 0 Å². The molecule has 2 aromatic heterocycles. The summed E-state index contributed by atoms with van der Waals surface area (Å²) in [5, 5.41) is 9.23. The minimum atomic E-state index is -0.262. The molecule has 0 aromatic carbocycles. The molecule has 3 heterocycles. The van der Waals surface area contributed by atoms with Crippen LogP contribution in [0.2, 0.25) is 0 Å². The van der Waals surface area contributed by atoms with Gasteiger partial charge in [0.05, 0.1) is 10.6 Å². The summed E-state index contributed by atoms with van der Waals surface area (Å²) in [6.07, 6.45) is 2.44. The van der Waals surface area contributed by atoms with E-state index in [1.54, 1.807) is 0 Å². The molecule has 1 aliphatic heterocycles. The highest BCUT2D eigenvalue weighted by Gasteiger charge is 2.17. The van der Waals surface area contributed by atoms with Gasteiger partial charge in [0.1, 0.15) is 16.2 Å². The molecule has 2 amide bonds. The van der Waals surface area contributed by atoms with Gasteiger partial charge in [0.25, 0.3) is 0 Å². The lowest BCUT2D eigenvalue weighted by molar-refractivity contribution is 0.120. The lowest BCUT2D eigenvalue weighted by atomic mass is 10.2. The Morgan fingerprint density at radius 1 is 1.52 bits per heavy atom. The van der Waals surface area contributed by atoms with Crippen LogP contribution in [0.1, 0.15) is 19.8 Å². The molecule has 1 unspecified atom stereocenters. The first kappa shape index (κ1) is 16.4. The summed E-state index contributed by atoms with van der Waals surface area (Å²) in [6, 6.07) is 1.64. The second kappa shape index (κ2) is 7.41. The highest BCUT2D eigenvalue weighted by Crippen LogP contribution is 2.30. The molecule has 1 aliphatic rings. The van der Waals surface area contributed by atoms with Gasteiger partial charge in [0, 0.05) is 19.7 Å². The van der Waals surface area contributed by atoms with E-state index in [0.29, 0.717) is 11.7 Å². The number of ether oxygens (including phenoxy) is 1. The topological polar surface area (TPSA) is 88.2 Å². The second-order valence-corrected chi connectivity index (χ2v) is 6.99. The van der Waals surface area contributed by atoms with Crippen molar-refractivity contribution in [1.29, 1.82) is 0 Å². The smallest absolute Gasteiger partial charge is 0.321 e. The summed E-state index contributed by atoms with van der Waals surface area (Å²) in [5.41, 5.74) is 0.747. The van der Waals surface area contributed by atoms with Crippen molar-refractivity contribution in [3.8, 4) is 0 Å². The minimum absolute atomic E-state index is 0.246. The van der Waals surface area contributed by atoms with Crippen molar-refractivity contribution >= 4 is 54.6 Å². The van der Waals surface area contributed by atoms with Crippen LogP contribution >= 0.6 is 27.3 Å². The third-order valence-electron chi connectivity index (χ3n) is 3.42. The van der Waals surface area contributed by atoms with Crippen LogP contribution in [-0.4, -0.2) is 41.8 Å². The molecule has 1 saturated heterocycles. The lowest BCUT2D eigenvalue weighted by Crippen LogP contribution is -2.28. The number of hydrogen-bond acceptors (Lipinski definition) is 6. The van der Waals surface area contributed by atoms with E-state index in [4.69, 9.17) is 4.74 Å². The van der Waals surface area contributed by atoms with E-state index >= 15 is 0 Å². The summed E-state index contributed by atoms with van der Waals surface area (Å²) in [5.74, 6) is 0.765. The fraction of sp³-hybridized carbons (Fsp3) is 0.500. The Balaban J connectivity index is 1.72. The van der Waals surface area contributed by atoms with Gasteiger partial charge in [-0.15, -0.1) is 0 Å². The number of fused-ring (bicyclic) bond motifs is 1. The third kappa shape index (κ3) is 4.10. The Morgan fingerprint density at radius 2 is 2.39 bits per heavy atom. The van der Waals surface area contributed by atoms with Crippen LogP contribution < -0.4 is 16.0 Å². The van der Waals surface area contributed by atoms with E-state index < -0.39 is 0 Å². The largest absolute Gasteiger partial charge is 0.376 e. The molecule has 2 aromatic rings. The maximum absolute atomic E-state index is 11.6. The Hall–Kier alpha value is -1.45. The average molecular weight is 400 g/mol. The van der Waals surface area contributed by atoms with Crippen LogP contribution in [-0.2, 0) is 4.74 Å². The normalized spacial score (nSPS) is 17.4. The van der Waals surface area contributed by atoms with Crippen molar-refractivity contribution < 1.29 is 9.53 Å². The number of nitrogens with one attached hydrogen (secondary N) is 3. The van der Waals surface area contributed by atoms with E-state index in [1.165, 1.54) is 11.3 Å². The highest BCUT2D eigenvalue weighted by molar-refractivity contribution is 9.10. The lowest BCUT2D eigenvalue weighted by Gasteiger charge is -2.12. The van der Waals surface area contributed by atoms with Crippen LogP contribution in [0.4, 0.5) is 15.7 Å². The zero-order valence-corrected chi connectivity index (χ0v) is 15.1. The molecule has 0 radical (unpaired) electrons. The van der Waals surface area contributed by atoms with Gasteiger partial charge in [-0.25, -0.2) is 14.8 Å². The number of anilines is 2. The molecular formula is C14H18BrN5O2S. The number of hydrogen-bond donors (Lipinski definition) is 3. The number of urea groups is 1. The van der Waals surface area contributed by atoms with Crippen molar-refractivity contribution in [2.24, 2.45) is 0 Å². The van der Waals surface area contributed by atoms with Crippen LogP contribution in [0.15, 0.2) is 10.5 Å². The molecule has 7 nitrogen and oxygen atoms in total. The molecule has 0 spiro atoms. The Morgan fingerprint density at radius 3 is 3.13 bits per heavy atom. The summed E-state index contributed by atoms with van der Waals surface area (Å²) < 4.78 is 6.45. The van der Waals surface area contributed by atoms with Crippen molar-refractivity contribution in [3.05, 3.63) is 10.5 Å². The van der Waals surface area contributed by atoms with E-state index in [0.717, 1.165) is 46.6 Å². The van der Waals surface area contributed by atoms with Gasteiger partial charge in [-0.1, -0.05) is 11.3 Å². The Labute approximate surface area is 146 Å². The molecule has 0 aliphatic carbocycles. The number of carbonyl (C=O) groups excluding carboxylic acids is 1. The number of rotatable bonds is 5. The van der Waals surface area contributed by atoms with Crippen LogP contribution in [0, 0.1) is 0 Å². The molecule has 9 heteroatoms. The molecule has 1 fully saturated rings. The number of amides is 2. The number of halogens is 1. The number of carbonyl (C=O) groups is 1. The van der Waals surface area contributed by atoms with Crippen LogP contribution in [0.5, 0.6) is 0 Å². The zero-order chi connectivity index (χ0) is 16.2. The van der Waals surface area contributed by atoms with E-state index in [2.05, 4.69) is 41.8 Å². The van der Waals surface area contributed by atoms with Crippen molar-refractivity contribution in [2.45, 2.75) is 25.9 Å². The van der Waals surface area contributed by atoms with Gasteiger partial charge in [0.15, 0.2) is 5.13 Å². The standard InChI is InChI=1S/C14H18BrN5O2S/c1-2-16-13(21)20-14-18-10-6-9(15)11(19-12(10)23-14)17-7-8-4-3-5-22-8/h6,8H,2-5,7H2,1H3,(H,17,19)(H2,16,18,20,21). The van der Waals surface area contributed by atoms with E-state index in [-0.39, 0.29) is 12.1 Å². The first-order valence-electron chi connectivity index (χ1n) is 7.53. The fourth-order valence-corrected chi connectivity index (χ4v) is 3.60. The monoisotopic (exact) mass is 399 g/mol. The number of pyridine rings is 1. The molecular weight excluding hydrogens is 382 g/mol. The molecule has 0 bridgehead atoms. The third-order valence-corrected chi connectivity index (χ3v) is 4.90. The molecule has 3 N–H and O–H groups in total. The molecule has 23 heavy (non-hydrogen) atoms. The second-order valence-electron chi connectivity index (χ2n) is 5.16. The summed E-state index contributed by atoms with van der Waals surface area (Å²) in [7, 11) is 0. The van der Waals surface area contributed by atoms with Crippen molar-refractivity contribution in [1.82, 2.24) is 15.3 Å². The number of nitrogens with zero attached hydrogens (tertiary/aromatic N) is 2. The van der Waals surface area contributed by atoms with Gasteiger partial charge in [-0.05, 0) is 41.8 Å². The minimum Gasteiger partial charge on any atom is -0.376 e. The van der Waals surface area contributed by atoms with Gasteiger partial charge < -0.3 is 15.4 Å². The molecule has 124 valence electrons. The quantitative estimate of drug-likeness (QED) is 0.718. The Kier molecular flexibility index (Phi) is 5.29. The van der Waals surface area contributed by atoms with E-state index in [1.807, 2.05) is 13.0 Å². The average Bonchev–Trinajstić information content (AvgIpc) is 3.13. The first-order valence-corrected chi connectivity index (χ1v) is 9.14. The van der Waals surface area contributed by atoms with Gasteiger partial charge >= 0.3 is 6.03 Å². The van der Waals surface area contributed by atoms with Gasteiger partial charge in [0.2, 0.25) is 0 Å². The molecule has 3 rings (SSSR count).